The molecule has 76 valence electrons. The van der Waals surface area contributed by atoms with Gasteiger partial charge in [0.1, 0.15) is 18.9 Å². The van der Waals surface area contributed by atoms with Crippen LogP contribution in [0.4, 0.5) is 0 Å². The molecule has 0 bridgehead atoms. The molecule has 0 saturated carbocycles. The van der Waals surface area contributed by atoms with Gasteiger partial charge in [-0.3, -0.25) is 0 Å². The van der Waals surface area contributed by atoms with Gasteiger partial charge >= 0.3 is 0 Å². The molecular formula is C13H15N2+. The lowest BCUT2D eigenvalue weighted by atomic mass is 10.2. The smallest absolute Gasteiger partial charge is 0.230 e. The molecule has 0 amide bonds. The maximum Gasteiger partial charge on any atom is 0.258 e. The normalized spacial score (nSPS) is 10.2. The molecule has 0 aliphatic carbocycles. The van der Waals surface area contributed by atoms with Gasteiger partial charge in [0, 0.05) is 6.92 Å². The van der Waals surface area contributed by atoms with Gasteiger partial charge < -0.3 is 0 Å². The molecule has 0 radical (unpaired) electrons. The van der Waals surface area contributed by atoms with Crippen LogP contribution in [-0.2, 0) is 6.54 Å². The van der Waals surface area contributed by atoms with Crippen LogP contribution in [0.15, 0.2) is 49.3 Å². The summed E-state index contributed by atoms with van der Waals surface area (Å²) in [6.45, 7) is 6.76. The third-order valence-corrected chi connectivity index (χ3v) is 2.59. The van der Waals surface area contributed by atoms with Crippen LogP contribution in [0.3, 0.4) is 0 Å². The fraction of sp³-hybridized carbons (Fsp3) is 0.154. The van der Waals surface area contributed by atoms with Crippen molar-refractivity contribution in [1.82, 2.24) is 4.57 Å². The van der Waals surface area contributed by atoms with Crippen LogP contribution in [0.5, 0.6) is 0 Å². The lowest BCUT2D eigenvalue weighted by molar-refractivity contribution is -0.693. The van der Waals surface area contributed by atoms with Gasteiger partial charge in [-0.25, -0.2) is 9.13 Å². The minimum Gasteiger partial charge on any atom is -0.230 e. The summed E-state index contributed by atoms with van der Waals surface area (Å²) < 4.78 is 4.22. The van der Waals surface area contributed by atoms with Gasteiger partial charge in [-0.15, -0.1) is 0 Å². The molecule has 1 aromatic carbocycles. The molecule has 0 saturated heterocycles. The molecule has 2 nitrogen and oxygen atoms in total. The highest BCUT2D eigenvalue weighted by molar-refractivity contribution is 5.17. The summed E-state index contributed by atoms with van der Waals surface area (Å²) in [6, 6.07) is 10.4. The van der Waals surface area contributed by atoms with E-state index in [1.54, 1.807) is 0 Å². The van der Waals surface area contributed by atoms with Crippen LogP contribution < -0.4 is 4.57 Å². The lowest BCUT2D eigenvalue weighted by Gasteiger charge is -1.99. The van der Waals surface area contributed by atoms with Gasteiger partial charge in [0.05, 0.1) is 6.20 Å². The predicted molar refractivity (Wildman–Crippen MR) is 61.3 cm³/mol. The zero-order valence-corrected chi connectivity index (χ0v) is 8.93. The molecule has 15 heavy (non-hydrogen) atoms. The molecule has 1 aromatic heterocycles. The van der Waals surface area contributed by atoms with Gasteiger partial charge in [-0.2, -0.15) is 0 Å². The Balaban J connectivity index is 2.25. The number of aromatic nitrogens is 2. The van der Waals surface area contributed by atoms with E-state index in [9.17, 15) is 0 Å². The Bertz CT molecular complexity index is 455. The SMILES string of the molecule is C=Cn1cc[n+](Cc2ccccc2)c1C. The zero-order chi connectivity index (χ0) is 10.7. The summed E-state index contributed by atoms with van der Waals surface area (Å²) in [6.07, 6.45) is 5.91. The third-order valence-electron chi connectivity index (χ3n) is 2.59. The second kappa shape index (κ2) is 4.13. The van der Waals surface area contributed by atoms with E-state index in [0.29, 0.717) is 0 Å². The molecule has 0 fully saturated rings. The summed E-state index contributed by atoms with van der Waals surface area (Å²) in [5, 5.41) is 0. The van der Waals surface area contributed by atoms with Crippen molar-refractivity contribution in [2.75, 3.05) is 0 Å². The number of rotatable bonds is 3. The summed E-state index contributed by atoms with van der Waals surface area (Å²) in [7, 11) is 0. The largest absolute Gasteiger partial charge is 0.258 e. The molecule has 2 rings (SSSR count). The quantitative estimate of drug-likeness (QED) is 0.670. The van der Waals surface area contributed by atoms with Crippen molar-refractivity contribution in [2.24, 2.45) is 0 Å². The minimum absolute atomic E-state index is 0.910. The van der Waals surface area contributed by atoms with Gasteiger partial charge in [0.25, 0.3) is 5.82 Å². The lowest BCUT2D eigenvalue weighted by Crippen LogP contribution is -2.35. The molecular weight excluding hydrogens is 184 g/mol. The molecule has 0 aliphatic rings. The van der Waals surface area contributed by atoms with Crippen molar-refractivity contribution in [3.63, 3.8) is 0 Å². The van der Waals surface area contributed by atoms with Crippen LogP contribution in [0.1, 0.15) is 11.4 Å². The zero-order valence-electron chi connectivity index (χ0n) is 8.93. The van der Waals surface area contributed by atoms with Gasteiger partial charge in [0.15, 0.2) is 0 Å². The van der Waals surface area contributed by atoms with Crippen LogP contribution in [-0.4, -0.2) is 4.57 Å². The van der Waals surface area contributed by atoms with E-state index in [1.807, 2.05) is 23.0 Å². The van der Waals surface area contributed by atoms with Crippen LogP contribution >= 0.6 is 0 Å². The van der Waals surface area contributed by atoms with Crippen molar-refractivity contribution in [2.45, 2.75) is 13.5 Å². The average molecular weight is 199 g/mol. The summed E-state index contributed by atoms with van der Waals surface area (Å²) in [5.41, 5.74) is 1.31. The maximum atomic E-state index is 3.76. The van der Waals surface area contributed by atoms with Crippen molar-refractivity contribution in [3.8, 4) is 0 Å². The first-order valence-corrected chi connectivity index (χ1v) is 5.04. The van der Waals surface area contributed by atoms with Crippen molar-refractivity contribution in [1.29, 1.82) is 0 Å². The number of benzene rings is 1. The molecule has 0 aliphatic heterocycles. The van der Waals surface area contributed by atoms with Crippen molar-refractivity contribution >= 4 is 6.20 Å². The van der Waals surface area contributed by atoms with Crippen LogP contribution in [0.25, 0.3) is 6.20 Å². The van der Waals surface area contributed by atoms with Crippen LogP contribution in [0.2, 0.25) is 0 Å². The Labute approximate surface area is 90.1 Å². The number of nitrogens with zero attached hydrogens (tertiary/aromatic N) is 2. The van der Waals surface area contributed by atoms with E-state index >= 15 is 0 Å². The summed E-state index contributed by atoms with van der Waals surface area (Å²) in [5.74, 6) is 1.19. The highest BCUT2D eigenvalue weighted by Gasteiger charge is 2.09. The molecule has 2 aromatic rings. The molecule has 0 N–H and O–H groups in total. The Morgan fingerprint density at radius 3 is 2.67 bits per heavy atom. The van der Waals surface area contributed by atoms with Gasteiger partial charge in [0.2, 0.25) is 0 Å². The Hall–Kier alpha value is -1.83. The van der Waals surface area contributed by atoms with E-state index in [-0.39, 0.29) is 0 Å². The van der Waals surface area contributed by atoms with E-state index in [2.05, 4.69) is 48.5 Å². The Kier molecular flexibility index (Phi) is 2.68. The standard InChI is InChI=1S/C13H15N2/c1-3-14-9-10-15(12(14)2)11-13-7-5-4-6-8-13/h3-10H,1,11H2,2H3/q+1. The van der Waals surface area contributed by atoms with Crippen LogP contribution in [0, 0.1) is 6.92 Å². The summed E-state index contributed by atoms with van der Waals surface area (Å²) >= 11 is 0. The van der Waals surface area contributed by atoms with E-state index in [1.165, 1.54) is 11.4 Å². The second-order valence-electron chi connectivity index (χ2n) is 3.55. The maximum absolute atomic E-state index is 3.76. The highest BCUT2D eigenvalue weighted by Crippen LogP contribution is 2.00. The number of hydrogen-bond acceptors (Lipinski definition) is 0. The fourth-order valence-corrected chi connectivity index (χ4v) is 1.66. The second-order valence-corrected chi connectivity index (χ2v) is 3.55. The predicted octanol–water partition coefficient (Wildman–Crippen LogP) is 2.23. The molecule has 0 atom stereocenters. The van der Waals surface area contributed by atoms with Crippen molar-refractivity contribution in [3.05, 3.63) is 60.7 Å². The number of hydrogen-bond donors (Lipinski definition) is 0. The van der Waals surface area contributed by atoms with Gasteiger partial charge in [-0.1, -0.05) is 36.9 Å². The molecule has 2 heteroatoms. The molecule has 0 unspecified atom stereocenters. The first-order valence-electron chi connectivity index (χ1n) is 5.04. The van der Waals surface area contributed by atoms with E-state index in [4.69, 9.17) is 0 Å². The van der Waals surface area contributed by atoms with E-state index < -0.39 is 0 Å². The summed E-state index contributed by atoms with van der Waals surface area (Å²) in [4.78, 5) is 0. The minimum atomic E-state index is 0.910. The topological polar surface area (TPSA) is 8.81 Å². The average Bonchev–Trinajstić information content (AvgIpc) is 2.62. The fourth-order valence-electron chi connectivity index (χ4n) is 1.66. The highest BCUT2D eigenvalue weighted by atomic mass is 15.1. The first-order chi connectivity index (χ1) is 7.31. The third kappa shape index (κ3) is 1.99. The van der Waals surface area contributed by atoms with Crippen molar-refractivity contribution < 1.29 is 4.57 Å². The number of imidazole rings is 1. The Morgan fingerprint density at radius 2 is 2.07 bits per heavy atom. The van der Waals surface area contributed by atoms with Gasteiger partial charge in [-0.05, 0) is 5.56 Å². The first kappa shape index (κ1) is 9.71. The Morgan fingerprint density at radius 1 is 1.33 bits per heavy atom. The monoisotopic (exact) mass is 199 g/mol. The molecule has 1 heterocycles. The molecule has 0 spiro atoms. The van der Waals surface area contributed by atoms with E-state index in [0.717, 1.165) is 6.54 Å².